The molecular formula is C11H16O2. The van der Waals surface area contributed by atoms with Crippen molar-refractivity contribution in [1.82, 2.24) is 0 Å². The lowest BCUT2D eigenvalue weighted by molar-refractivity contribution is 0.169. The molecule has 2 atom stereocenters. The molecule has 0 heterocycles. The SMILES string of the molecule is COc1cccc([C@H](C)[C@H](C)O)c1. The zero-order valence-corrected chi connectivity index (χ0v) is 8.32. The molecule has 0 fully saturated rings. The Balaban J connectivity index is 2.88. The summed E-state index contributed by atoms with van der Waals surface area (Å²) in [4.78, 5) is 0. The van der Waals surface area contributed by atoms with Crippen LogP contribution in [0.1, 0.15) is 25.3 Å². The molecule has 1 rings (SSSR count). The first-order valence-electron chi connectivity index (χ1n) is 4.47. The fourth-order valence-corrected chi connectivity index (χ4v) is 1.20. The zero-order chi connectivity index (χ0) is 9.84. The van der Waals surface area contributed by atoms with Crippen LogP contribution in [-0.4, -0.2) is 18.3 Å². The van der Waals surface area contributed by atoms with Crippen LogP contribution in [0.5, 0.6) is 5.75 Å². The Kier molecular flexibility index (Phi) is 3.32. The second-order valence-electron chi connectivity index (χ2n) is 3.31. The Morgan fingerprint density at radius 1 is 1.31 bits per heavy atom. The first-order valence-corrected chi connectivity index (χ1v) is 4.47. The van der Waals surface area contributed by atoms with Gasteiger partial charge in [0.15, 0.2) is 0 Å². The van der Waals surface area contributed by atoms with Crippen molar-refractivity contribution in [3.63, 3.8) is 0 Å². The molecule has 13 heavy (non-hydrogen) atoms. The van der Waals surface area contributed by atoms with E-state index < -0.39 is 0 Å². The first-order chi connectivity index (χ1) is 6.15. The Bertz CT molecular complexity index is 269. The van der Waals surface area contributed by atoms with E-state index in [4.69, 9.17) is 4.74 Å². The smallest absolute Gasteiger partial charge is 0.119 e. The van der Waals surface area contributed by atoms with Gasteiger partial charge >= 0.3 is 0 Å². The van der Waals surface area contributed by atoms with E-state index in [1.54, 1.807) is 14.0 Å². The van der Waals surface area contributed by atoms with Crippen molar-refractivity contribution < 1.29 is 9.84 Å². The zero-order valence-electron chi connectivity index (χ0n) is 8.32. The largest absolute Gasteiger partial charge is 0.497 e. The van der Waals surface area contributed by atoms with Gasteiger partial charge in [-0.05, 0) is 24.6 Å². The van der Waals surface area contributed by atoms with Crippen LogP contribution < -0.4 is 4.74 Å². The van der Waals surface area contributed by atoms with Crippen LogP contribution in [0.15, 0.2) is 24.3 Å². The molecule has 2 heteroatoms. The third kappa shape index (κ3) is 2.46. The predicted octanol–water partition coefficient (Wildman–Crippen LogP) is 2.18. The van der Waals surface area contributed by atoms with Crippen molar-refractivity contribution >= 4 is 0 Å². The number of methoxy groups -OCH3 is 1. The topological polar surface area (TPSA) is 29.5 Å². The lowest BCUT2D eigenvalue weighted by Gasteiger charge is -2.15. The average molecular weight is 180 g/mol. The number of hydrogen-bond acceptors (Lipinski definition) is 2. The summed E-state index contributed by atoms with van der Waals surface area (Å²) in [6.07, 6.45) is -0.327. The lowest BCUT2D eigenvalue weighted by atomic mass is 9.96. The van der Waals surface area contributed by atoms with E-state index in [0.29, 0.717) is 0 Å². The van der Waals surface area contributed by atoms with Crippen LogP contribution >= 0.6 is 0 Å². The number of rotatable bonds is 3. The van der Waals surface area contributed by atoms with Crippen molar-refractivity contribution in [2.45, 2.75) is 25.9 Å². The minimum Gasteiger partial charge on any atom is -0.497 e. The van der Waals surface area contributed by atoms with E-state index in [2.05, 4.69) is 0 Å². The molecule has 0 bridgehead atoms. The molecule has 0 aliphatic rings. The Labute approximate surface area is 79.2 Å². The van der Waals surface area contributed by atoms with E-state index in [1.807, 2.05) is 31.2 Å². The van der Waals surface area contributed by atoms with Crippen molar-refractivity contribution in [3.05, 3.63) is 29.8 Å². The summed E-state index contributed by atoms with van der Waals surface area (Å²) >= 11 is 0. The molecule has 0 aliphatic heterocycles. The Hall–Kier alpha value is -1.02. The molecular weight excluding hydrogens is 164 g/mol. The van der Waals surface area contributed by atoms with Crippen LogP contribution in [0.3, 0.4) is 0 Å². The van der Waals surface area contributed by atoms with Gasteiger partial charge in [0, 0.05) is 5.92 Å². The molecule has 0 aromatic heterocycles. The summed E-state index contributed by atoms with van der Waals surface area (Å²) in [6.45, 7) is 3.80. The minimum atomic E-state index is -0.327. The van der Waals surface area contributed by atoms with Gasteiger partial charge in [0.1, 0.15) is 5.75 Å². The van der Waals surface area contributed by atoms with Gasteiger partial charge in [-0.15, -0.1) is 0 Å². The molecule has 1 aromatic rings. The van der Waals surface area contributed by atoms with E-state index in [-0.39, 0.29) is 12.0 Å². The molecule has 2 nitrogen and oxygen atoms in total. The summed E-state index contributed by atoms with van der Waals surface area (Å²) in [7, 11) is 1.64. The van der Waals surface area contributed by atoms with Gasteiger partial charge in [0.05, 0.1) is 13.2 Å². The summed E-state index contributed by atoms with van der Waals surface area (Å²) in [5, 5.41) is 9.40. The first kappa shape index (κ1) is 10.1. The van der Waals surface area contributed by atoms with E-state index in [1.165, 1.54) is 0 Å². The summed E-state index contributed by atoms with van der Waals surface area (Å²) in [5.74, 6) is 0.986. The molecule has 0 unspecified atom stereocenters. The monoisotopic (exact) mass is 180 g/mol. The Morgan fingerprint density at radius 2 is 2.00 bits per heavy atom. The molecule has 72 valence electrons. The van der Waals surface area contributed by atoms with Gasteiger partial charge in [-0.1, -0.05) is 19.1 Å². The van der Waals surface area contributed by atoms with Crippen molar-refractivity contribution in [2.75, 3.05) is 7.11 Å². The van der Waals surface area contributed by atoms with Crippen LogP contribution in [0, 0.1) is 0 Å². The maximum Gasteiger partial charge on any atom is 0.119 e. The maximum absolute atomic E-state index is 9.40. The minimum absolute atomic E-state index is 0.148. The molecule has 1 aromatic carbocycles. The van der Waals surface area contributed by atoms with Crippen LogP contribution in [0.4, 0.5) is 0 Å². The molecule has 0 aliphatic carbocycles. The van der Waals surface area contributed by atoms with Crippen LogP contribution in [0.2, 0.25) is 0 Å². The summed E-state index contributed by atoms with van der Waals surface area (Å²) in [6, 6.07) is 7.79. The number of benzene rings is 1. The normalized spacial score (nSPS) is 15.1. The number of hydrogen-bond donors (Lipinski definition) is 1. The third-order valence-electron chi connectivity index (χ3n) is 2.34. The maximum atomic E-state index is 9.40. The van der Waals surface area contributed by atoms with E-state index >= 15 is 0 Å². The van der Waals surface area contributed by atoms with Crippen molar-refractivity contribution in [2.24, 2.45) is 0 Å². The quantitative estimate of drug-likeness (QED) is 0.772. The molecule has 0 amide bonds. The number of aliphatic hydroxyl groups excluding tert-OH is 1. The second-order valence-corrected chi connectivity index (χ2v) is 3.31. The standard InChI is InChI=1S/C11H16O2/c1-8(9(2)12)10-5-4-6-11(7-10)13-3/h4-9,12H,1-3H3/t8-,9+/m1/s1. The molecule has 0 radical (unpaired) electrons. The van der Waals surface area contributed by atoms with Gasteiger partial charge in [-0.2, -0.15) is 0 Å². The van der Waals surface area contributed by atoms with Gasteiger partial charge in [0.2, 0.25) is 0 Å². The predicted molar refractivity (Wildman–Crippen MR) is 53.1 cm³/mol. The highest BCUT2D eigenvalue weighted by Crippen LogP contribution is 2.22. The number of ether oxygens (including phenoxy) is 1. The lowest BCUT2D eigenvalue weighted by Crippen LogP contribution is -2.10. The fraction of sp³-hybridized carbons (Fsp3) is 0.455. The average Bonchev–Trinajstić information content (AvgIpc) is 2.16. The third-order valence-corrected chi connectivity index (χ3v) is 2.34. The highest BCUT2D eigenvalue weighted by Gasteiger charge is 2.11. The van der Waals surface area contributed by atoms with Gasteiger partial charge in [-0.25, -0.2) is 0 Å². The summed E-state index contributed by atoms with van der Waals surface area (Å²) < 4.78 is 5.10. The van der Waals surface area contributed by atoms with Crippen LogP contribution in [-0.2, 0) is 0 Å². The van der Waals surface area contributed by atoms with Gasteiger partial charge in [0.25, 0.3) is 0 Å². The highest BCUT2D eigenvalue weighted by atomic mass is 16.5. The molecule has 0 spiro atoms. The fourth-order valence-electron chi connectivity index (χ4n) is 1.20. The van der Waals surface area contributed by atoms with Gasteiger partial charge in [-0.3, -0.25) is 0 Å². The highest BCUT2D eigenvalue weighted by molar-refractivity contribution is 5.30. The number of aliphatic hydroxyl groups is 1. The van der Waals surface area contributed by atoms with Crippen molar-refractivity contribution in [1.29, 1.82) is 0 Å². The van der Waals surface area contributed by atoms with Crippen molar-refractivity contribution in [3.8, 4) is 5.75 Å². The van der Waals surface area contributed by atoms with Crippen LogP contribution in [0.25, 0.3) is 0 Å². The van der Waals surface area contributed by atoms with E-state index in [9.17, 15) is 5.11 Å². The second kappa shape index (κ2) is 4.28. The summed E-state index contributed by atoms with van der Waals surface area (Å²) in [5.41, 5.74) is 1.11. The molecule has 1 N–H and O–H groups in total. The Morgan fingerprint density at radius 3 is 2.54 bits per heavy atom. The molecule has 0 saturated heterocycles. The van der Waals surface area contributed by atoms with E-state index in [0.717, 1.165) is 11.3 Å². The van der Waals surface area contributed by atoms with Gasteiger partial charge < -0.3 is 9.84 Å². The molecule has 0 saturated carbocycles.